The summed E-state index contributed by atoms with van der Waals surface area (Å²) in [7, 11) is 3.24. The molecule has 2 N–H and O–H groups in total. The second-order valence-corrected chi connectivity index (χ2v) is 5.20. The molecule has 0 aliphatic carbocycles. The Morgan fingerprint density at radius 3 is 2.65 bits per heavy atom. The number of carboxylic acid groups (broad SMARTS) is 1. The minimum Gasteiger partial charge on any atom is -0.478 e. The molecule has 0 radical (unpaired) electrons. The van der Waals surface area contributed by atoms with Gasteiger partial charge in [-0.15, -0.1) is 0 Å². The molecule has 1 atom stereocenters. The molecule has 6 nitrogen and oxygen atoms in total. The molecule has 7 heteroatoms. The van der Waals surface area contributed by atoms with Crippen LogP contribution in [0.4, 0.5) is 10.5 Å². The van der Waals surface area contributed by atoms with E-state index in [2.05, 4.69) is 21.2 Å². The molecule has 0 bridgehead atoms. The lowest BCUT2D eigenvalue weighted by atomic mass is 10.2. The quantitative estimate of drug-likeness (QED) is 0.860. The van der Waals surface area contributed by atoms with Crippen LogP contribution in [0.25, 0.3) is 0 Å². The minimum atomic E-state index is -1.02. The molecule has 1 aromatic rings. The molecule has 1 aromatic carbocycles. The predicted octanol–water partition coefficient (Wildman–Crippen LogP) is 2.65. The average Bonchev–Trinajstić information content (AvgIpc) is 2.40. The summed E-state index contributed by atoms with van der Waals surface area (Å²) in [4.78, 5) is 24.4. The molecule has 0 spiro atoms. The van der Waals surface area contributed by atoms with Crippen molar-refractivity contribution >= 4 is 33.6 Å². The number of halogens is 1. The molecule has 0 heterocycles. The summed E-state index contributed by atoms with van der Waals surface area (Å²) in [6.45, 7) is 2.30. The Bertz CT molecular complexity index is 507. The summed E-state index contributed by atoms with van der Waals surface area (Å²) in [5.41, 5.74) is 0.660. The molecule has 0 fully saturated rings. The summed E-state index contributed by atoms with van der Waals surface area (Å²) < 4.78 is 5.51. The molecular formula is C13H17BrN2O4. The van der Waals surface area contributed by atoms with Gasteiger partial charge in [-0.1, -0.05) is 0 Å². The maximum atomic E-state index is 12.0. The van der Waals surface area contributed by atoms with Crippen molar-refractivity contribution in [2.45, 2.75) is 13.0 Å². The van der Waals surface area contributed by atoms with Crippen LogP contribution in [0.3, 0.4) is 0 Å². The largest absolute Gasteiger partial charge is 0.478 e. The lowest BCUT2D eigenvalue weighted by Crippen LogP contribution is -2.40. The number of likely N-dealkylation sites (N-methyl/N-ethyl adjacent to an activating group) is 1. The van der Waals surface area contributed by atoms with Crippen molar-refractivity contribution < 1.29 is 19.4 Å². The fourth-order valence-corrected chi connectivity index (χ4v) is 1.98. The van der Waals surface area contributed by atoms with Crippen molar-refractivity contribution in [3.05, 3.63) is 28.2 Å². The number of hydrogen-bond acceptors (Lipinski definition) is 3. The minimum absolute atomic E-state index is 0.0722. The Balaban J connectivity index is 2.78. The molecule has 1 unspecified atom stereocenters. The second-order valence-electron chi connectivity index (χ2n) is 4.35. The van der Waals surface area contributed by atoms with Crippen LogP contribution in [0.1, 0.15) is 17.3 Å². The van der Waals surface area contributed by atoms with Crippen LogP contribution < -0.4 is 5.32 Å². The summed E-state index contributed by atoms with van der Waals surface area (Å²) in [5.74, 6) is -1.02. The number of aromatic carboxylic acids is 1. The van der Waals surface area contributed by atoms with E-state index >= 15 is 0 Å². The normalized spacial score (nSPS) is 11.8. The van der Waals surface area contributed by atoms with Gasteiger partial charge >= 0.3 is 12.0 Å². The zero-order chi connectivity index (χ0) is 15.3. The zero-order valence-corrected chi connectivity index (χ0v) is 13.1. The van der Waals surface area contributed by atoms with Crippen LogP contribution in [0.5, 0.6) is 0 Å². The summed E-state index contributed by atoms with van der Waals surface area (Å²) in [6, 6.07) is 4.05. The molecular weight excluding hydrogens is 328 g/mol. The van der Waals surface area contributed by atoms with Crippen molar-refractivity contribution in [3.63, 3.8) is 0 Å². The number of ether oxygens (including phenoxy) is 1. The highest BCUT2D eigenvalue weighted by molar-refractivity contribution is 9.10. The monoisotopic (exact) mass is 344 g/mol. The highest BCUT2D eigenvalue weighted by atomic mass is 79.9. The predicted molar refractivity (Wildman–Crippen MR) is 79.2 cm³/mol. The van der Waals surface area contributed by atoms with Crippen LogP contribution in [-0.2, 0) is 4.74 Å². The van der Waals surface area contributed by atoms with Crippen molar-refractivity contribution in [2.24, 2.45) is 0 Å². The molecule has 20 heavy (non-hydrogen) atoms. The fourth-order valence-electron chi connectivity index (χ4n) is 1.51. The van der Waals surface area contributed by atoms with Crippen molar-refractivity contribution in [1.29, 1.82) is 0 Å². The summed E-state index contributed by atoms with van der Waals surface area (Å²) in [6.07, 6.45) is 0. The van der Waals surface area contributed by atoms with Crippen LogP contribution in [0, 0.1) is 0 Å². The Morgan fingerprint density at radius 1 is 1.50 bits per heavy atom. The van der Waals surface area contributed by atoms with Gasteiger partial charge in [-0.25, -0.2) is 9.59 Å². The van der Waals surface area contributed by atoms with Gasteiger partial charge in [0.05, 0.1) is 23.9 Å². The topological polar surface area (TPSA) is 78.9 Å². The standard InChI is InChI=1S/C13H17BrN2O4/c1-8(7-20-3)16(2)13(19)15-11-5-4-9(12(17)18)6-10(11)14/h4-6,8H,7H2,1-3H3,(H,15,19)(H,17,18). The third kappa shape index (κ3) is 4.21. The number of methoxy groups -OCH3 is 1. The van der Waals surface area contributed by atoms with Gasteiger partial charge in [0.1, 0.15) is 0 Å². The fraction of sp³-hybridized carbons (Fsp3) is 0.385. The van der Waals surface area contributed by atoms with Crippen molar-refractivity contribution in [3.8, 4) is 0 Å². The Labute approximate surface area is 125 Å². The van der Waals surface area contributed by atoms with Gasteiger partial charge in [0, 0.05) is 18.6 Å². The maximum Gasteiger partial charge on any atom is 0.335 e. The van der Waals surface area contributed by atoms with Crippen LogP contribution in [0.15, 0.2) is 22.7 Å². The number of carboxylic acids is 1. The van der Waals surface area contributed by atoms with Crippen molar-refractivity contribution in [2.75, 3.05) is 26.1 Å². The van der Waals surface area contributed by atoms with Gasteiger partial charge in [0.15, 0.2) is 0 Å². The highest BCUT2D eigenvalue weighted by Crippen LogP contribution is 2.24. The Hall–Kier alpha value is -1.60. The van der Waals surface area contributed by atoms with Crippen LogP contribution in [-0.4, -0.2) is 48.8 Å². The number of amides is 2. The number of nitrogens with zero attached hydrogens (tertiary/aromatic N) is 1. The first kappa shape index (κ1) is 16.5. The lowest BCUT2D eigenvalue weighted by molar-refractivity contribution is 0.0697. The van der Waals surface area contributed by atoms with Gasteiger partial charge < -0.3 is 20.1 Å². The van der Waals surface area contributed by atoms with Crippen LogP contribution in [0.2, 0.25) is 0 Å². The van der Waals surface area contributed by atoms with Crippen molar-refractivity contribution in [1.82, 2.24) is 4.90 Å². The SMILES string of the molecule is COCC(C)N(C)C(=O)Nc1ccc(C(=O)O)cc1Br. The van der Waals surface area contributed by atoms with Gasteiger partial charge in [0.25, 0.3) is 0 Å². The van der Waals surface area contributed by atoms with Gasteiger partial charge in [0.2, 0.25) is 0 Å². The summed E-state index contributed by atoms with van der Waals surface area (Å²) in [5, 5.41) is 11.6. The first-order valence-corrected chi connectivity index (χ1v) is 6.71. The zero-order valence-electron chi connectivity index (χ0n) is 11.5. The first-order chi connectivity index (χ1) is 9.36. The Kier molecular flexibility index (Phi) is 5.97. The maximum absolute atomic E-state index is 12.0. The molecule has 0 saturated carbocycles. The van der Waals surface area contributed by atoms with E-state index in [-0.39, 0.29) is 17.6 Å². The number of carbonyl (C=O) groups is 2. The number of rotatable bonds is 5. The van der Waals surface area contributed by atoms with Gasteiger partial charge in [-0.2, -0.15) is 0 Å². The lowest BCUT2D eigenvalue weighted by Gasteiger charge is -2.24. The molecule has 0 aliphatic heterocycles. The van der Waals surface area contributed by atoms with E-state index in [1.807, 2.05) is 6.92 Å². The third-order valence-electron chi connectivity index (χ3n) is 2.85. The number of benzene rings is 1. The highest BCUT2D eigenvalue weighted by Gasteiger charge is 2.17. The van der Waals surface area contributed by atoms with E-state index in [1.54, 1.807) is 20.2 Å². The number of anilines is 1. The van der Waals surface area contributed by atoms with Gasteiger partial charge in [-0.3, -0.25) is 0 Å². The molecule has 1 rings (SSSR count). The second kappa shape index (κ2) is 7.25. The van der Waals surface area contributed by atoms with E-state index in [0.717, 1.165) is 0 Å². The molecule has 110 valence electrons. The smallest absolute Gasteiger partial charge is 0.335 e. The number of hydrogen-bond donors (Lipinski definition) is 2. The van der Waals surface area contributed by atoms with E-state index in [9.17, 15) is 9.59 Å². The van der Waals surface area contributed by atoms with E-state index in [4.69, 9.17) is 9.84 Å². The molecule has 0 aromatic heterocycles. The number of carbonyl (C=O) groups excluding carboxylic acids is 1. The molecule has 0 aliphatic rings. The molecule has 0 saturated heterocycles. The third-order valence-corrected chi connectivity index (χ3v) is 3.50. The first-order valence-electron chi connectivity index (χ1n) is 5.92. The van der Waals surface area contributed by atoms with Gasteiger partial charge in [-0.05, 0) is 41.1 Å². The van der Waals surface area contributed by atoms with E-state index in [0.29, 0.717) is 16.8 Å². The number of urea groups is 1. The molecule has 2 amide bonds. The van der Waals surface area contributed by atoms with E-state index in [1.165, 1.54) is 17.0 Å². The average molecular weight is 345 g/mol. The summed E-state index contributed by atoms with van der Waals surface area (Å²) >= 11 is 3.24. The Morgan fingerprint density at radius 2 is 2.15 bits per heavy atom. The van der Waals surface area contributed by atoms with Crippen LogP contribution >= 0.6 is 15.9 Å². The van der Waals surface area contributed by atoms with E-state index < -0.39 is 5.97 Å². The number of nitrogens with one attached hydrogen (secondary N) is 1.